The summed E-state index contributed by atoms with van der Waals surface area (Å²) >= 11 is 0. The van der Waals surface area contributed by atoms with E-state index in [1.165, 1.54) is 0 Å². The largest absolute Gasteiger partial charge is 0.497 e. The van der Waals surface area contributed by atoms with Crippen molar-refractivity contribution < 1.29 is 9.53 Å². The molecule has 3 heterocycles. The highest BCUT2D eigenvalue weighted by Gasteiger charge is 2.31. The van der Waals surface area contributed by atoms with Crippen LogP contribution in [-0.2, 0) is 24.4 Å². The number of ether oxygens (including phenoxy) is 1. The maximum Gasteiger partial charge on any atom is 0.245 e. The zero-order valence-corrected chi connectivity index (χ0v) is 13.9. The SMILES string of the molecule is COc1ccc([C@H]2Cn3ccnc3CN2C(=O)Cn2cccn2)cc1. The van der Waals surface area contributed by atoms with Crippen LogP contribution >= 0.6 is 0 Å². The lowest BCUT2D eigenvalue weighted by Crippen LogP contribution is -2.42. The second-order valence-corrected chi connectivity index (χ2v) is 6.01. The normalized spacial score (nSPS) is 16.5. The van der Waals surface area contributed by atoms with Gasteiger partial charge in [0.15, 0.2) is 0 Å². The zero-order chi connectivity index (χ0) is 17.2. The minimum Gasteiger partial charge on any atom is -0.497 e. The Labute approximate surface area is 145 Å². The highest BCUT2D eigenvalue weighted by molar-refractivity contribution is 5.76. The summed E-state index contributed by atoms with van der Waals surface area (Å²) in [5.74, 6) is 1.73. The molecule has 4 rings (SSSR count). The van der Waals surface area contributed by atoms with E-state index in [-0.39, 0.29) is 18.5 Å². The molecule has 1 aromatic carbocycles. The van der Waals surface area contributed by atoms with Crippen LogP contribution in [0.15, 0.2) is 55.1 Å². The standard InChI is InChI=1S/C18H19N5O2/c1-25-15-5-3-14(4-6-15)16-11-21-10-8-19-17(21)12-23(16)18(24)13-22-9-2-7-20-22/h2-10,16H,11-13H2,1H3/t16-/m1/s1. The Hall–Kier alpha value is -3.09. The maximum absolute atomic E-state index is 12.9. The summed E-state index contributed by atoms with van der Waals surface area (Å²) in [4.78, 5) is 19.2. The Morgan fingerprint density at radius 3 is 2.80 bits per heavy atom. The average Bonchev–Trinajstić information content (AvgIpc) is 3.31. The van der Waals surface area contributed by atoms with Crippen molar-refractivity contribution in [2.75, 3.05) is 7.11 Å². The number of rotatable bonds is 4. The van der Waals surface area contributed by atoms with Crippen LogP contribution in [0.2, 0.25) is 0 Å². The van der Waals surface area contributed by atoms with Gasteiger partial charge in [-0.25, -0.2) is 4.98 Å². The van der Waals surface area contributed by atoms with Crippen LogP contribution in [0.4, 0.5) is 0 Å². The monoisotopic (exact) mass is 337 g/mol. The van der Waals surface area contributed by atoms with Crippen molar-refractivity contribution in [2.45, 2.75) is 25.7 Å². The van der Waals surface area contributed by atoms with Gasteiger partial charge in [0, 0.05) is 31.3 Å². The molecular formula is C18H19N5O2. The Morgan fingerprint density at radius 2 is 2.08 bits per heavy atom. The van der Waals surface area contributed by atoms with E-state index in [1.807, 2.05) is 41.4 Å². The first-order valence-electron chi connectivity index (χ1n) is 8.15. The molecule has 0 saturated heterocycles. The van der Waals surface area contributed by atoms with Crippen LogP contribution in [-0.4, -0.2) is 37.2 Å². The quantitative estimate of drug-likeness (QED) is 0.729. The number of fused-ring (bicyclic) bond motifs is 1. The molecule has 0 bridgehead atoms. The maximum atomic E-state index is 12.9. The number of benzene rings is 1. The van der Waals surface area contributed by atoms with Gasteiger partial charge in [0.2, 0.25) is 5.91 Å². The van der Waals surface area contributed by atoms with E-state index in [0.717, 1.165) is 17.1 Å². The van der Waals surface area contributed by atoms with E-state index in [1.54, 1.807) is 30.4 Å². The predicted octanol–water partition coefficient (Wildman–Crippen LogP) is 1.87. The molecule has 7 heteroatoms. The van der Waals surface area contributed by atoms with Crippen molar-refractivity contribution in [3.05, 3.63) is 66.5 Å². The summed E-state index contributed by atoms with van der Waals surface area (Å²) in [6, 6.07) is 9.65. The van der Waals surface area contributed by atoms with Crippen LogP contribution in [0.5, 0.6) is 5.75 Å². The fourth-order valence-corrected chi connectivity index (χ4v) is 3.20. The molecule has 128 valence electrons. The molecule has 0 spiro atoms. The number of carbonyl (C=O) groups excluding carboxylic acids is 1. The molecule has 7 nitrogen and oxygen atoms in total. The summed E-state index contributed by atoms with van der Waals surface area (Å²) in [5, 5.41) is 4.14. The van der Waals surface area contributed by atoms with E-state index in [0.29, 0.717) is 13.1 Å². The van der Waals surface area contributed by atoms with Crippen molar-refractivity contribution in [3.8, 4) is 5.75 Å². The number of methoxy groups -OCH3 is 1. The van der Waals surface area contributed by atoms with Gasteiger partial charge < -0.3 is 14.2 Å². The van der Waals surface area contributed by atoms with E-state index in [9.17, 15) is 4.79 Å². The summed E-state index contributed by atoms with van der Waals surface area (Å²) in [5.41, 5.74) is 1.08. The van der Waals surface area contributed by atoms with Gasteiger partial charge in [-0.05, 0) is 23.8 Å². The Bertz CT molecular complexity index is 854. The number of imidazole rings is 1. The molecular weight excluding hydrogens is 318 g/mol. The lowest BCUT2D eigenvalue weighted by molar-refractivity contribution is -0.136. The lowest BCUT2D eigenvalue weighted by Gasteiger charge is -2.36. The second kappa shape index (κ2) is 6.43. The van der Waals surface area contributed by atoms with Crippen LogP contribution < -0.4 is 4.74 Å². The van der Waals surface area contributed by atoms with Gasteiger partial charge in [-0.2, -0.15) is 5.10 Å². The van der Waals surface area contributed by atoms with E-state index < -0.39 is 0 Å². The molecule has 2 aromatic heterocycles. The molecule has 0 aliphatic carbocycles. The van der Waals surface area contributed by atoms with Gasteiger partial charge in [0.25, 0.3) is 0 Å². The predicted molar refractivity (Wildman–Crippen MR) is 90.7 cm³/mol. The molecule has 1 aliphatic rings. The molecule has 25 heavy (non-hydrogen) atoms. The minimum absolute atomic E-state index is 0.0266. The highest BCUT2D eigenvalue weighted by atomic mass is 16.5. The van der Waals surface area contributed by atoms with Gasteiger partial charge in [0.05, 0.1) is 19.7 Å². The molecule has 0 N–H and O–H groups in total. The minimum atomic E-state index is -0.0457. The lowest BCUT2D eigenvalue weighted by atomic mass is 10.0. The number of carbonyl (C=O) groups is 1. The fraction of sp³-hybridized carbons (Fsp3) is 0.278. The summed E-state index contributed by atoms with van der Waals surface area (Å²) < 4.78 is 8.99. The third kappa shape index (κ3) is 3.00. The molecule has 0 fully saturated rings. The number of aromatic nitrogens is 4. The second-order valence-electron chi connectivity index (χ2n) is 6.01. The van der Waals surface area contributed by atoms with Crippen LogP contribution in [0.3, 0.4) is 0 Å². The summed E-state index contributed by atoms with van der Waals surface area (Å²) in [6.07, 6.45) is 7.21. The molecule has 1 amide bonds. The number of hydrogen-bond donors (Lipinski definition) is 0. The zero-order valence-electron chi connectivity index (χ0n) is 13.9. The van der Waals surface area contributed by atoms with Crippen LogP contribution in [0.1, 0.15) is 17.4 Å². The molecule has 0 unspecified atom stereocenters. The van der Waals surface area contributed by atoms with Gasteiger partial charge in [0.1, 0.15) is 18.1 Å². The van der Waals surface area contributed by atoms with Gasteiger partial charge in [-0.3, -0.25) is 9.48 Å². The molecule has 3 aromatic rings. The number of amides is 1. The summed E-state index contributed by atoms with van der Waals surface area (Å²) in [6.45, 7) is 1.40. The first kappa shape index (κ1) is 15.4. The molecule has 1 aliphatic heterocycles. The smallest absolute Gasteiger partial charge is 0.245 e. The molecule has 0 saturated carbocycles. The van der Waals surface area contributed by atoms with E-state index >= 15 is 0 Å². The van der Waals surface area contributed by atoms with Crippen molar-refractivity contribution in [3.63, 3.8) is 0 Å². The van der Waals surface area contributed by atoms with E-state index in [4.69, 9.17) is 4.74 Å². The number of nitrogens with zero attached hydrogens (tertiary/aromatic N) is 5. The van der Waals surface area contributed by atoms with Crippen molar-refractivity contribution >= 4 is 5.91 Å². The van der Waals surface area contributed by atoms with Crippen molar-refractivity contribution in [2.24, 2.45) is 0 Å². The van der Waals surface area contributed by atoms with Gasteiger partial charge in [-0.1, -0.05) is 12.1 Å². The number of hydrogen-bond acceptors (Lipinski definition) is 4. The first-order chi connectivity index (χ1) is 12.2. The van der Waals surface area contributed by atoms with Gasteiger partial charge in [-0.15, -0.1) is 0 Å². The highest BCUT2D eigenvalue weighted by Crippen LogP contribution is 2.30. The third-order valence-electron chi connectivity index (χ3n) is 4.54. The van der Waals surface area contributed by atoms with Crippen molar-refractivity contribution in [1.82, 2.24) is 24.2 Å². The molecule has 1 atom stereocenters. The van der Waals surface area contributed by atoms with Crippen molar-refractivity contribution in [1.29, 1.82) is 0 Å². The Morgan fingerprint density at radius 1 is 1.24 bits per heavy atom. The fourth-order valence-electron chi connectivity index (χ4n) is 3.20. The topological polar surface area (TPSA) is 65.2 Å². The Balaban J connectivity index is 1.64. The first-order valence-corrected chi connectivity index (χ1v) is 8.15. The third-order valence-corrected chi connectivity index (χ3v) is 4.54. The van der Waals surface area contributed by atoms with Crippen LogP contribution in [0, 0.1) is 0 Å². The Kier molecular flexibility index (Phi) is 3.97. The average molecular weight is 337 g/mol. The van der Waals surface area contributed by atoms with Crippen LogP contribution in [0.25, 0.3) is 0 Å². The summed E-state index contributed by atoms with van der Waals surface area (Å²) in [7, 11) is 1.65. The van der Waals surface area contributed by atoms with E-state index in [2.05, 4.69) is 14.6 Å². The molecule has 0 radical (unpaired) electrons. The van der Waals surface area contributed by atoms with Gasteiger partial charge >= 0.3 is 0 Å².